The molecule has 2 amide bonds. The van der Waals surface area contributed by atoms with Gasteiger partial charge >= 0.3 is 10.4 Å². The summed E-state index contributed by atoms with van der Waals surface area (Å²) in [5, 5.41) is 0. The molecule has 6 N–H and O–H groups in total. The summed E-state index contributed by atoms with van der Waals surface area (Å²) in [6, 6.07) is 0. The lowest BCUT2D eigenvalue weighted by Gasteiger charge is -2.11. The second kappa shape index (κ2) is 5.77. The Morgan fingerprint density at radius 3 is 1.44 bits per heavy atom. The van der Waals surface area contributed by atoms with Crippen LogP contribution >= 0.6 is 0 Å². The van der Waals surface area contributed by atoms with Crippen molar-refractivity contribution < 1.29 is 27.1 Å². The van der Waals surface area contributed by atoms with Crippen LogP contribution in [0.25, 0.3) is 0 Å². The fourth-order valence-electron chi connectivity index (χ4n) is 1.64. The highest BCUT2D eigenvalue weighted by atomic mass is 32.3. The van der Waals surface area contributed by atoms with E-state index in [1.165, 1.54) is 0 Å². The molecule has 0 radical (unpaired) electrons. The molecule has 1 fully saturated rings. The number of carbonyl (C=O) groups excluding carboxylic acids is 2. The summed E-state index contributed by atoms with van der Waals surface area (Å²) in [6.45, 7) is 0. The van der Waals surface area contributed by atoms with Gasteiger partial charge in [0.15, 0.2) is 0 Å². The second-order valence-electron chi connectivity index (χ2n) is 3.40. The number of hydrogen-bond donors (Lipinski definition) is 4. The maximum Gasteiger partial charge on any atom is 0.394 e. The Morgan fingerprint density at radius 2 is 1.25 bits per heavy atom. The molecule has 9 heteroatoms. The Morgan fingerprint density at radius 1 is 1.00 bits per heavy atom. The van der Waals surface area contributed by atoms with Crippen LogP contribution in [-0.2, 0) is 20.0 Å². The van der Waals surface area contributed by atoms with E-state index in [4.69, 9.17) is 29.0 Å². The average Bonchev–Trinajstić information content (AvgIpc) is 2.47. The van der Waals surface area contributed by atoms with E-state index in [1.807, 2.05) is 0 Å². The number of rotatable bonds is 2. The minimum atomic E-state index is -4.67. The molecule has 1 rings (SSSR count). The molecule has 1 aliphatic carbocycles. The Kier molecular flexibility index (Phi) is 5.35. The summed E-state index contributed by atoms with van der Waals surface area (Å²) >= 11 is 0. The van der Waals surface area contributed by atoms with Gasteiger partial charge in [-0.05, 0) is 12.8 Å². The molecule has 1 aliphatic rings. The van der Waals surface area contributed by atoms with Crippen molar-refractivity contribution in [1.29, 1.82) is 0 Å². The Bertz CT molecular complexity index is 337. The third-order valence-electron chi connectivity index (χ3n) is 2.25. The van der Waals surface area contributed by atoms with Gasteiger partial charge in [0.05, 0.1) is 0 Å². The lowest BCUT2D eigenvalue weighted by Crippen LogP contribution is -2.34. The first-order valence-corrected chi connectivity index (χ1v) is 5.81. The lowest BCUT2D eigenvalue weighted by atomic mass is 9.95. The van der Waals surface area contributed by atoms with Crippen molar-refractivity contribution in [2.24, 2.45) is 23.3 Å². The Hall–Kier alpha value is -1.19. The normalized spacial score (nSPS) is 24.4. The van der Waals surface area contributed by atoms with Crippen molar-refractivity contribution in [3.05, 3.63) is 0 Å². The van der Waals surface area contributed by atoms with Crippen LogP contribution in [0.3, 0.4) is 0 Å². The number of carbonyl (C=O) groups is 2. The molecule has 2 atom stereocenters. The molecule has 0 aliphatic heterocycles. The topological polar surface area (TPSA) is 161 Å². The summed E-state index contributed by atoms with van der Waals surface area (Å²) < 4.78 is 31.6. The second-order valence-corrected chi connectivity index (χ2v) is 4.29. The lowest BCUT2D eigenvalue weighted by molar-refractivity contribution is -0.130. The van der Waals surface area contributed by atoms with Crippen LogP contribution in [0.2, 0.25) is 0 Å². The zero-order valence-electron chi connectivity index (χ0n) is 8.37. The van der Waals surface area contributed by atoms with Gasteiger partial charge in [-0.1, -0.05) is 6.42 Å². The molecule has 0 saturated heterocycles. The summed E-state index contributed by atoms with van der Waals surface area (Å²) in [4.78, 5) is 21.5. The van der Waals surface area contributed by atoms with Gasteiger partial charge in [0.25, 0.3) is 0 Å². The Labute approximate surface area is 92.6 Å². The van der Waals surface area contributed by atoms with Gasteiger partial charge in [0.2, 0.25) is 11.8 Å². The first-order valence-electron chi connectivity index (χ1n) is 4.41. The van der Waals surface area contributed by atoms with Crippen LogP contribution in [0.4, 0.5) is 0 Å². The zero-order valence-corrected chi connectivity index (χ0v) is 9.18. The molecule has 0 heterocycles. The van der Waals surface area contributed by atoms with Crippen molar-refractivity contribution in [2.75, 3.05) is 0 Å². The van der Waals surface area contributed by atoms with E-state index in [-0.39, 0.29) is 11.8 Å². The fourth-order valence-corrected chi connectivity index (χ4v) is 1.64. The minimum absolute atomic E-state index is 0.313. The van der Waals surface area contributed by atoms with E-state index in [9.17, 15) is 9.59 Å². The summed E-state index contributed by atoms with van der Waals surface area (Å²) in [7, 11) is -4.67. The van der Waals surface area contributed by atoms with Gasteiger partial charge in [-0.3, -0.25) is 18.7 Å². The van der Waals surface area contributed by atoms with Crippen molar-refractivity contribution >= 4 is 22.2 Å². The number of primary amides is 2. The van der Waals surface area contributed by atoms with Gasteiger partial charge in [-0.15, -0.1) is 0 Å². The highest BCUT2D eigenvalue weighted by molar-refractivity contribution is 7.79. The maximum atomic E-state index is 10.7. The van der Waals surface area contributed by atoms with E-state index in [1.54, 1.807) is 0 Å². The third-order valence-corrected chi connectivity index (χ3v) is 2.25. The first kappa shape index (κ1) is 14.8. The van der Waals surface area contributed by atoms with Gasteiger partial charge in [-0.2, -0.15) is 8.42 Å². The van der Waals surface area contributed by atoms with E-state index in [2.05, 4.69) is 0 Å². The number of hydrogen-bond acceptors (Lipinski definition) is 4. The van der Waals surface area contributed by atoms with Crippen molar-refractivity contribution in [3.8, 4) is 0 Å². The first-order chi connectivity index (χ1) is 7.13. The van der Waals surface area contributed by atoms with Crippen LogP contribution in [0.15, 0.2) is 0 Å². The predicted octanol–water partition coefficient (Wildman–Crippen LogP) is -1.28. The van der Waals surface area contributed by atoms with Crippen LogP contribution in [0, 0.1) is 11.8 Å². The molecular formula is C7H14N2O6S. The molecule has 8 nitrogen and oxygen atoms in total. The van der Waals surface area contributed by atoms with E-state index in [0.29, 0.717) is 12.8 Å². The molecule has 94 valence electrons. The van der Waals surface area contributed by atoms with Gasteiger partial charge in [-0.25, -0.2) is 0 Å². The molecule has 1 saturated carbocycles. The summed E-state index contributed by atoms with van der Waals surface area (Å²) in [6.07, 6.45) is 2.30. The predicted molar refractivity (Wildman–Crippen MR) is 53.4 cm³/mol. The van der Waals surface area contributed by atoms with Crippen LogP contribution in [0.1, 0.15) is 19.3 Å². The third kappa shape index (κ3) is 6.32. The maximum absolute atomic E-state index is 10.7. The smallest absolute Gasteiger partial charge is 0.369 e. The van der Waals surface area contributed by atoms with E-state index >= 15 is 0 Å². The number of amides is 2. The standard InChI is InChI=1S/C7H12N2O2.H2O4S/c8-6(10)4-2-1-3-5(4)7(9)11;1-5(2,3)4/h4-5H,1-3H2,(H2,8,10)(H2,9,11);(H2,1,2,3,4). The van der Waals surface area contributed by atoms with Gasteiger partial charge in [0.1, 0.15) is 0 Å². The zero-order chi connectivity index (χ0) is 12.9. The molecule has 0 aromatic carbocycles. The molecule has 0 aromatic rings. The van der Waals surface area contributed by atoms with Crippen LogP contribution in [0.5, 0.6) is 0 Å². The van der Waals surface area contributed by atoms with Crippen molar-refractivity contribution in [2.45, 2.75) is 19.3 Å². The fraction of sp³-hybridized carbons (Fsp3) is 0.714. The highest BCUT2D eigenvalue weighted by Gasteiger charge is 2.34. The van der Waals surface area contributed by atoms with Gasteiger partial charge in [0, 0.05) is 11.8 Å². The molecule has 0 spiro atoms. The summed E-state index contributed by atoms with van der Waals surface area (Å²) in [5.74, 6) is -1.42. The summed E-state index contributed by atoms with van der Waals surface area (Å²) in [5.41, 5.74) is 10.2. The molecular weight excluding hydrogens is 240 g/mol. The number of nitrogens with two attached hydrogens (primary N) is 2. The molecule has 2 unspecified atom stereocenters. The SMILES string of the molecule is NC(=O)C1CCCC1C(N)=O.O=S(=O)(O)O. The van der Waals surface area contributed by atoms with Gasteiger partial charge < -0.3 is 11.5 Å². The average molecular weight is 254 g/mol. The van der Waals surface area contributed by atoms with E-state index < -0.39 is 22.2 Å². The molecule has 0 aromatic heterocycles. The largest absolute Gasteiger partial charge is 0.394 e. The van der Waals surface area contributed by atoms with Crippen molar-refractivity contribution in [3.63, 3.8) is 0 Å². The van der Waals surface area contributed by atoms with Crippen LogP contribution < -0.4 is 11.5 Å². The Balaban J connectivity index is 0.000000385. The van der Waals surface area contributed by atoms with Crippen LogP contribution in [-0.4, -0.2) is 29.3 Å². The monoisotopic (exact) mass is 254 g/mol. The quantitative estimate of drug-likeness (QED) is 0.449. The van der Waals surface area contributed by atoms with Crippen molar-refractivity contribution in [1.82, 2.24) is 0 Å². The molecule has 16 heavy (non-hydrogen) atoms. The highest BCUT2D eigenvalue weighted by Crippen LogP contribution is 2.30. The van der Waals surface area contributed by atoms with E-state index in [0.717, 1.165) is 6.42 Å². The molecule has 0 bridgehead atoms. The minimum Gasteiger partial charge on any atom is -0.369 e.